The van der Waals surface area contributed by atoms with Gasteiger partial charge in [0.1, 0.15) is 0 Å². The van der Waals surface area contributed by atoms with E-state index in [9.17, 15) is 0 Å². The summed E-state index contributed by atoms with van der Waals surface area (Å²) >= 11 is 0. The number of hydrogen-bond donors (Lipinski definition) is 0. The van der Waals surface area contributed by atoms with Crippen molar-refractivity contribution < 1.29 is 0 Å². The third-order valence-corrected chi connectivity index (χ3v) is 4.83. The molecule has 0 heterocycles. The Morgan fingerprint density at radius 2 is 1.13 bits per heavy atom. The predicted octanol–water partition coefficient (Wildman–Crippen LogP) is 6.84. The molecule has 0 amide bonds. The summed E-state index contributed by atoms with van der Waals surface area (Å²) in [6.07, 6.45) is 12.1. The van der Waals surface area contributed by atoms with Crippen molar-refractivity contribution in [3.63, 3.8) is 0 Å². The van der Waals surface area contributed by atoms with Gasteiger partial charge in [-0.3, -0.25) is 0 Å². The highest BCUT2D eigenvalue weighted by atomic mass is 14.1. The zero-order valence-electron chi connectivity index (χ0n) is 14.7. The fraction of sp³-hybridized carbons (Fsp3) is 0.478. The van der Waals surface area contributed by atoms with E-state index in [4.69, 9.17) is 0 Å². The van der Waals surface area contributed by atoms with Crippen molar-refractivity contribution in [1.82, 2.24) is 0 Å². The Morgan fingerprint density at radius 1 is 0.609 bits per heavy atom. The Balaban J connectivity index is 1.80. The van der Waals surface area contributed by atoms with Gasteiger partial charge in [-0.05, 0) is 42.7 Å². The van der Waals surface area contributed by atoms with Gasteiger partial charge >= 0.3 is 0 Å². The first kappa shape index (κ1) is 17.8. The summed E-state index contributed by atoms with van der Waals surface area (Å²) < 4.78 is 0. The molecule has 2 aromatic rings. The Hall–Kier alpha value is -1.56. The van der Waals surface area contributed by atoms with E-state index in [1.165, 1.54) is 68.9 Å². The Labute approximate surface area is 143 Å². The van der Waals surface area contributed by atoms with E-state index in [1.54, 1.807) is 0 Å². The monoisotopic (exact) mass is 308 g/mol. The second-order valence-corrected chi connectivity index (χ2v) is 6.76. The van der Waals surface area contributed by atoms with E-state index < -0.39 is 0 Å². The van der Waals surface area contributed by atoms with Gasteiger partial charge in [0.15, 0.2) is 0 Å². The molecule has 0 aromatic heterocycles. The number of unbranched alkanes of at least 4 members (excludes halogenated alkanes) is 3. The fourth-order valence-electron chi connectivity index (χ4n) is 3.32. The molecule has 2 rings (SSSR count). The smallest absolute Gasteiger partial charge is 0.0276 e. The molecule has 124 valence electrons. The molecule has 0 bridgehead atoms. The molecule has 0 radical (unpaired) electrons. The highest BCUT2D eigenvalue weighted by Crippen LogP contribution is 2.22. The average molecular weight is 309 g/mol. The molecule has 0 unspecified atom stereocenters. The molecule has 0 aliphatic carbocycles. The van der Waals surface area contributed by atoms with Crippen molar-refractivity contribution >= 4 is 0 Å². The van der Waals surface area contributed by atoms with Crippen molar-refractivity contribution in [2.45, 2.75) is 64.7 Å². The molecular weight excluding hydrogens is 276 g/mol. The van der Waals surface area contributed by atoms with Gasteiger partial charge in [0.25, 0.3) is 0 Å². The van der Waals surface area contributed by atoms with Crippen molar-refractivity contribution in [1.29, 1.82) is 0 Å². The number of benzene rings is 2. The van der Waals surface area contributed by atoms with Crippen LogP contribution in [0.2, 0.25) is 0 Å². The largest absolute Gasteiger partial charge is 0.0654 e. The lowest BCUT2D eigenvalue weighted by Gasteiger charge is -2.17. The highest BCUT2D eigenvalue weighted by molar-refractivity contribution is 5.15. The molecule has 0 spiro atoms. The minimum Gasteiger partial charge on any atom is -0.0654 e. The van der Waals surface area contributed by atoms with Crippen molar-refractivity contribution in [2.75, 3.05) is 0 Å². The maximum atomic E-state index is 2.29. The van der Waals surface area contributed by atoms with E-state index in [0.717, 1.165) is 5.92 Å². The molecule has 0 nitrogen and oxygen atoms in total. The third kappa shape index (κ3) is 7.50. The minimum absolute atomic E-state index is 0.868. The quantitative estimate of drug-likeness (QED) is 0.399. The third-order valence-electron chi connectivity index (χ3n) is 4.83. The second kappa shape index (κ2) is 11.0. The van der Waals surface area contributed by atoms with E-state index in [0.29, 0.717) is 0 Å². The van der Waals surface area contributed by atoms with Gasteiger partial charge in [0, 0.05) is 0 Å². The molecule has 0 N–H and O–H groups in total. The van der Waals surface area contributed by atoms with Crippen LogP contribution in [-0.4, -0.2) is 0 Å². The van der Waals surface area contributed by atoms with Crippen LogP contribution in [0.1, 0.15) is 63.0 Å². The van der Waals surface area contributed by atoms with Gasteiger partial charge in [-0.1, -0.05) is 99.7 Å². The van der Waals surface area contributed by atoms with Crippen LogP contribution in [0.4, 0.5) is 0 Å². The van der Waals surface area contributed by atoms with Crippen molar-refractivity contribution in [3.8, 4) is 0 Å². The van der Waals surface area contributed by atoms with Crippen LogP contribution in [0.5, 0.6) is 0 Å². The maximum Gasteiger partial charge on any atom is -0.0276 e. The molecular formula is C23H32. The van der Waals surface area contributed by atoms with Crippen molar-refractivity contribution in [3.05, 3.63) is 71.8 Å². The summed E-state index contributed by atoms with van der Waals surface area (Å²) in [5.74, 6) is 0.868. The first-order chi connectivity index (χ1) is 11.4. The van der Waals surface area contributed by atoms with Crippen LogP contribution < -0.4 is 0 Å². The molecule has 0 saturated heterocycles. The van der Waals surface area contributed by atoms with E-state index in [-0.39, 0.29) is 0 Å². The van der Waals surface area contributed by atoms with Crippen LogP contribution in [0.25, 0.3) is 0 Å². The van der Waals surface area contributed by atoms with Gasteiger partial charge in [-0.2, -0.15) is 0 Å². The fourth-order valence-corrected chi connectivity index (χ4v) is 3.32. The Bertz CT molecular complexity index is 457. The lowest BCUT2D eigenvalue weighted by molar-refractivity contribution is 0.400. The standard InChI is InChI=1S/C23H32/c1-2-3-4-7-16-23(19-17-21-12-8-5-9-13-21)20-18-22-14-10-6-11-15-22/h5-6,8-15,23H,2-4,7,16-20H2,1H3. The molecule has 0 fully saturated rings. The first-order valence-electron chi connectivity index (χ1n) is 9.46. The number of rotatable bonds is 11. The van der Waals surface area contributed by atoms with Crippen LogP contribution in [0.15, 0.2) is 60.7 Å². The van der Waals surface area contributed by atoms with Gasteiger partial charge in [-0.25, -0.2) is 0 Å². The van der Waals surface area contributed by atoms with Crippen LogP contribution in [0.3, 0.4) is 0 Å². The van der Waals surface area contributed by atoms with Crippen molar-refractivity contribution in [2.24, 2.45) is 5.92 Å². The van der Waals surface area contributed by atoms with Crippen LogP contribution in [-0.2, 0) is 12.8 Å². The zero-order chi connectivity index (χ0) is 16.2. The topological polar surface area (TPSA) is 0 Å². The van der Waals surface area contributed by atoms with Gasteiger partial charge < -0.3 is 0 Å². The zero-order valence-corrected chi connectivity index (χ0v) is 14.7. The Morgan fingerprint density at radius 3 is 1.61 bits per heavy atom. The summed E-state index contributed by atoms with van der Waals surface area (Å²) in [6, 6.07) is 22.0. The van der Waals surface area contributed by atoms with E-state index in [1.807, 2.05) is 0 Å². The average Bonchev–Trinajstić information content (AvgIpc) is 2.62. The predicted molar refractivity (Wildman–Crippen MR) is 102 cm³/mol. The highest BCUT2D eigenvalue weighted by Gasteiger charge is 2.09. The molecule has 0 heteroatoms. The second-order valence-electron chi connectivity index (χ2n) is 6.76. The maximum absolute atomic E-state index is 2.29. The lowest BCUT2D eigenvalue weighted by atomic mass is 9.89. The summed E-state index contributed by atoms with van der Waals surface area (Å²) in [6.45, 7) is 2.29. The van der Waals surface area contributed by atoms with Crippen LogP contribution in [0, 0.1) is 5.92 Å². The lowest BCUT2D eigenvalue weighted by Crippen LogP contribution is -2.05. The van der Waals surface area contributed by atoms with E-state index in [2.05, 4.69) is 67.6 Å². The molecule has 23 heavy (non-hydrogen) atoms. The molecule has 0 atom stereocenters. The first-order valence-corrected chi connectivity index (χ1v) is 9.46. The summed E-state index contributed by atoms with van der Waals surface area (Å²) in [4.78, 5) is 0. The normalized spacial score (nSPS) is 11.0. The SMILES string of the molecule is CCCCCCC(CCc1ccccc1)CCc1ccccc1. The van der Waals surface area contributed by atoms with E-state index >= 15 is 0 Å². The van der Waals surface area contributed by atoms with Gasteiger partial charge in [0.2, 0.25) is 0 Å². The molecule has 0 saturated carbocycles. The summed E-state index contributed by atoms with van der Waals surface area (Å²) in [5.41, 5.74) is 2.98. The van der Waals surface area contributed by atoms with Gasteiger partial charge in [-0.15, -0.1) is 0 Å². The molecule has 0 aliphatic rings. The summed E-state index contributed by atoms with van der Waals surface area (Å²) in [5, 5.41) is 0. The summed E-state index contributed by atoms with van der Waals surface area (Å²) in [7, 11) is 0. The minimum atomic E-state index is 0.868. The van der Waals surface area contributed by atoms with Crippen LogP contribution >= 0.6 is 0 Å². The number of aryl methyl sites for hydroxylation is 2. The number of hydrogen-bond acceptors (Lipinski definition) is 0. The van der Waals surface area contributed by atoms with Gasteiger partial charge in [0.05, 0.1) is 0 Å². The molecule has 2 aromatic carbocycles. The Kier molecular flexibility index (Phi) is 8.55. The molecule has 0 aliphatic heterocycles.